The molecule has 3 heteroatoms. The van der Waals surface area contributed by atoms with Gasteiger partial charge in [-0.2, -0.15) is 0 Å². The highest BCUT2D eigenvalue weighted by atomic mass is 16.3. The van der Waals surface area contributed by atoms with Gasteiger partial charge in [-0.15, -0.1) is 0 Å². The summed E-state index contributed by atoms with van der Waals surface area (Å²) in [6.07, 6.45) is 0. The third-order valence-corrected chi connectivity index (χ3v) is 9.32. The molecule has 10 aromatic rings. The predicted octanol–water partition coefficient (Wildman–Crippen LogP) is 11.9. The zero-order valence-corrected chi connectivity index (χ0v) is 24.3. The minimum atomic E-state index is 0.902. The molecule has 0 saturated carbocycles. The van der Waals surface area contributed by atoms with E-state index in [1.807, 2.05) is 12.1 Å². The fourth-order valence-electron chi connectivity index (χ4n) is 7.10. The van der Waals surface area contributed by atoms with Crippen LogP contribution in [0, 0.1) is 0 Å². The van der Waals surface area contributed by atoms with Crippen LogP contribution < -0.4 is 0 Å². The Labute approximate surface area is 258 Å². The second kappa shape index (κ2) is 9.22. The molecule has 7 aromatic carbocycles. The van der Waals surface area contributed by atoms with Gasteiger partial charge < -0.3 is 14.4 Å². The van der Waals surface area contributed by atoms with E-state index in [1.54, 1.807) is 0 Å². The molecular formula is C42H26N2O. The number of rotatable bonds is 3. The van der Waals surface area contributed by atoms with Crippen molar-refractivity contribution >= 4 is 65.6 Å². The van der Waals surface area contributed by atoms with Crippen molar-refractivity contribution in [1.29, 1.82) is 0 Å². The van der Waals surface area contributed by atoms with Gasteiger partial charge >= 0.3 is 0 Å². The van der Waals surface area contributed by atoms with E-state index in [1.165, 1.54) is 43.8 Å². The van der Waals surface area contributed by atoms with E-state index >= 15 is 0 Å². The molecule has 3 aromatic heterocycles. The van der Waals surface area contributed by atoms with Crippen LogP contribution in [0.25, 0.3) is 98.9 Å². The maximum absolute atomic E-state index is 6.29. The summed E-state index contributed by atoms with van der Waals surface area (Å²) >= 11 is 0. The van der Waals surface area contributed by atoms with E-state index in [4.69, 9.17) is 4.42 Å². The fraction of sp³-hybridized carbons (Fsp3) is 0. The Morgan fingerprint density at radius 3 is 1.29 bits per heavy atom. The van der Waals surface area contributed by atoms with E-state index in [0.717, 1.165) is 55.1 Å². The number of H-pyrrole nitrogens is 2. The molecule has 0 amide bonds. The van der Waals surface area contributed by atoms with E-state index in [9.17, 15) is 0 Å². The van der Waals surface area contributed by atoms with Gasteiger partial charge in [-0.05, 0) is 94.0 Å². The van der Waals surface area contributed by atoms with Crippen LogP contribution in [0.1, 0.15) is 0 Å². The number of aromatic amines is 2. The molecular weight excluding hydrogens is 548 g/mol. The minimum Gasteiger partial charge on any atom is -0.456 e. The van der Waals surface area contributed by atoms with Crippen LogP contribution >= 0.6 is 0 Å². The number of benzene rings is 7. The maximum Gasteiger partial charge on any atom is 0.136 e. The zero-order valence-electron chi connectivity index (χ0n) is 24.3. The van der Waals surface area contributed by atoms with Crippen LogP contribution in [0.3, 0.4) is 0 Å². The van der Waals surface area contributed by atoms with Crippen LogP contribution in [0.4, 0.5) is 0 Å². The lowest BCUT2D eigenvalue weighted by molar-refractivity contribution is 0.669. The molecule has 0 radical (unpaired) electrons. The molecule has 3 heterocycles. The zero-order chi connectivity index (χ0) is 29.5. The summed E-state index contributed by atoms with van der Waals surface area (Å²) in [5, 5.41) is 7.26. The fourth-order valence-corrected chi connectivity index (χ4v) is 7.10. The summed E-state index contributed by atoms with van der Waals surface area (Å²) < 4.78 is 6.29. The molecule has 10 rings (SSSR count). The summed E-state index contributed by atoms with van der Waals surface area (Å²) in [6.45, 7) is 0. The van der Waals surface area contributed by atoms with Crippen LogP contribution in [0.15, 0.2) is 150 Å². The van der Waals surface area contributed by atoms with Crippen molar-refractivity contribution in [3.05, 3.63) is 146 Å². The van der Waals surface area contributed by atoms with Gasteiger partial charge in [0.25, 0.3) is 0 Å². The molecule has 0 aliphatic rings. The van der Waals surface area contributed by atoms with Crippen LogP contribution in [-0.4, -0.2) is 9.97 Å². The molecule has 0 saturated heterocycles. The van der Waals surface area contributed by atoms with E-state index in [2.05, 4.69) is 143 Å². The molecule has 3 nitrogen and oxygen atoms in total. The number of para-hydroxylation sites is 3. The summed E-state index contributed by atoms with van der Waals surface area (Å²) in [4.78, 5) is 7.26. The van der Waals surface area contributed by atoms with Gasteiger partial charge in [0.1, 0.15) is 11.2 Å². The molecule has 0 unspecified atom stereocenters. The van der Waals surface area contributed by atoms with Crippen molar-refractivity contribution in [2.24, 2.45) is 0 Å². The smallest absolute Gasteiger partial charge is 0.136 e. The standard InChI is InChI=1S/C42H26N2O/c1-4-10-37-31(7-1)33-16-13-25(22-39(33)43-37)28-19-29(26-14-17-34-32-8-2-5-11-38(32)44-40(34)23-26)21-30(20-28)27-15-18-36-35-9-3-6-12-41(35)45-42(36)24-27/h1-24,43-44H. The second-order valence-corrected chi connectivity index (χ2v) is 12.0. The monoisotopic (exact) mass is 574 g/mol. The number of fused-ring (bicyclic) bond motifs is 9. The first-order chi connectivity index (χ1) is 22.2. The molecule has 2 N–H and O–H groups in total. The highest BCUT2D eigenvalue weighted by molar-refractivity contribution is 6.10. The highest BCUT2D eigenvalue weighted by Gasteiger charge is 2.13. The normalized spacial score (nSPS) is 12.0. The second-order valence-electron chi connectivity index (χ2n) is 12.0. The first-order valence-electron chi connectivity index (χ1n) is 15.3. The van der Waals surface area contributed by atoms with E-state index < -0.39 is 0 Å². The van der Waals surface area contributed by atoms with Gasteiger partial charge in [0, 0.05) is 54.4 Å². The first-order valence-corrected chi connectivity index (χ1v) is 15.3. The van der Waals surface area contributed by atoms with Crippen molar-refractivity contribution in [1.82, 2.24) is 9.97 Å². The van der Waals surface area contributed by atoms with E-state index in [-0.39, 0.29) is 0 Å². The van der Waals surface area contributed by atoms with Gasteiger partial charge in [-0.3, -0.25) is 0 Å². The summed E-state index contributed by atoms with van der Waals surface area (Å²) in [5.41, 5.74) is 13.4. The molecule has 0 spiro atoms. The van der Waals surface area contributed by atoms with Gasteiger partial charge in [-0.1, -0.05) is 84.9 Å². The third-order valence-electron chi connectivity index (χ3n) is 9.32. The first kappa shape index (κ1) is 24.4. The van der Waals surface area contributed by atoms with Gasteiger partial charge in [0.15, 0.2) is 0 Å². The lowest BCUT2D eigenvalue weighted by Gasteiger charge is -2.12. The van der Waals surface area contributed by atoms with Crippen LogP contribution in [-0.2, 0) is 0 Å². The average Bonchev–Trinajstić information content (AvgIpc) is 3.78. The average molecular weight is 575 g/mol. The number of hydrogen-bond acceptors (Lipinski definition) is 1. The highest BCUT2D eigenvalue weighted by Crippen LogP contribution is 2.38. The number of furan rings is 1. The van der Waals surface area contributed by atoms with Gasteiger partial charge in [0.2, 0.25) is 0 Å². The lowest BCUT2D eigenvalue weighted by atomic mass is 9.92. The Morgan fingerprint density at radius 2 is 0.711 bits per heavy atom. The summed E-state index contributed by atoms with van der Waals surface area (Å²) in [7, 11) is 0. The Balaban J connectivity index is 1.18. The van der Waals surface area contributed by atoms with Gasteiger partial charge in [-0.25, -0.2) is 0 Å². The SMILES string of the molecule is c1ccc2c(c1)[nH]c1cc(-c3cc(-c4ccc5c(c4)[nH]c4ccccc45)cc(-c4ccc5c(c4)oc4ccccc45)c3)ccc12. The van der Waals surface area contributed by atoms with Crippen LogP contribution in [0.5, 0.6) is 0 Å². The molecule has 0 atom stereocenters. The topological polar surface area (TPSA) is 44.7 Å². The van der Waals surface area contributed by atoms with Crippen molar-refractivity contribution in [2.45, 2.75) is 0 Å². The Bertz CT molecular complexity index is 2460. The lowest BCUT2D eigenvalue weighted by Crippen LogP contribution is -1.87. The number of hydrogen-bond donors (Lipinski definition) is 2. The predicted molar refractivity (Wildman–Crippen MR) is 189 cm³/mol. The molecule has 210 valence electrons. The third kappa shape index (κ3) is 3.77. The Kier molecular flexibility index (Phi) is 5.00. The molecule has 0 bridgehead atoms. The van der Waals surface area contributed by atoms with Crippen molar-refractivity contribution in [3.8, 4) is 33.4 Å². The van der Waals surface area contributed by atoms with Crippen molar-refractivity contribution < 1.29 is 4.42 Å². The van der Waals surface area contributed by atoms with Crippen LogP contribution in [0.2, 0.25) is 0 Å². The van der Waals surface area contributed by atoms with Crippen molar-refractivity contribution in [3.63, 3.8) is 0 Å². The Hall–Kier alpha value is -6.06. The summed E-state index contributed by atoms with van der Waals surface area (Å²) in [5.74, 6) is 0. The van der Waals surface area contributed by atoms with Gasteiger partial charge in [0.05, 0.1) is 0 Å². The molecule has 0 aliphatic carbocycles. The number of aromatic nitrogens is 2. The van der Waals surface area contributed by atoms with Crippen molar-refractivity contribution in [2.75, 3.05) is 0 Å². The summed E-state index contributed by atoms with van der Waals surface area (Å²) in [6, 6.07) is 52.3. The number of nitrogens with one attached hydrogen (secondary N) is 2. The quantitative estimate of drug-likeness (QED) is 0.217. The Morgan fingerprint density at radius 1 is 0.289 bits per heavy atom. The van der Waals surface area contributed by atoms with E-state index in [0.29, 0.717) is 0 Å². The maximum atomic E-state index is 6.29. The molecule has 0 aliphatic heterocycles. The molecule has 0 fully saturated rings. The minimum absolute atomic E-state index is 0.902. The molecule has 45 heavy (non-hydrogen) atoms. The largest absolute Gasteiger partial charge is 0.456 e.